The fraction of sp³-hybridized carbons (Fsp3) is 0.300. The third-order valence-electron chi connectivity index (χ3n) is 4.98. The van der Waals surface area contributed by atoms with E-state index in [1.165, 1.54) is 17.3 Å². The van der Waals surface area contributed by atoms with Crippen molar-refractivity contribution >= 4 is 44.0 Å². The molecule has 146 valence electrons. The van der Waals surface area contributed by atoms with E-state index in [2.05, 4.69) is 15.6 Å². The van der Waals surface area contributed by atoms with Gasteiger partial charge in [0.25, 0.3) is 5.91 Å². The summed E-state index contributed by atoms with van der Waals surface area (Å²) < 4.78 is 23.3. The van der Waals surface area contributed by atoms with Crippen LogP contribution in [0.4, 0.5) is 11.4 Å². The number of amidine groups is 1. The molecule has 2 N–H and O–H groups in total. The molecule has 28 heavy (non-hydrogen) atoms. The number of nitrogens with one attached hydrogen (secondary N) is 2. The topological polar surface area (TPSA) is 87.6 Å². The highest BCUT2D eigenvalue weighted by molar-refractivity contribution is 8.15. The van der Waals surface area contributed by atoms with Crippen molar-refractivity contribution in [3.8, 4) is 0 Å². The van der Waals surface area contributed by atoms with Crippen LogP contribution in [0.5, 0.6) is 0 Å². The monoisotopic (exact) mass is 415 g/mol. The lowest BCUT2D eigenvalue weighted by molar-refractivity contribution is 0.102. The van der Waals surface area contributed by atoms with Gasteiger partial charge in [0.15, 0.2) is 15.0 Å². The van der Waals surface area contributed by atoms with Crippen molar-refractivity contribution in [2.24, 2.45) is 4.99 Å². The van der Waals surface area contributed by atoms with Crippen molar-refractivity contribution in [3.05, 3.63) is 59.2 Å². The number of benzene rings is 2. The second kappa shape index (κ2) is 7.25. The van der Waals surface area contributed by atoms with Gasteiger partial charge in [-0.2, -0.15) is 0 Å². The number of carbonyl (C=O) groups is 1. The molecule has 0 radical (unpaired) electrons. The molecule has 1 amide bonds. The lowest BCUT2D eigenvalue weighted by Gasteiger charge is -2.09. The number of rotatable bonds is 3. The molecule has 0 saturated carbocycles. The van der Waals surface area contributed by atoms with Crippen LogP contribution in [0.3, 0.4) is 0 Å². The van der Waals surface area contributed by atoms with E-state index in [1.54, 1.807) is 12.1 Å². The van der Waals surface area contributed by atoms with E-state index in [-0.39, 0.29) is 28.7 Å². The average Bonchev–Trinajstić information content (AvgIpc) is 3.11. The fourth-order valence-corrected chi connectivity index (χ4v) is 6.94. The molecule has 0 aromatic heterocycles. The van der Waals surface area contributed by atoms with Crippen LogP contribution in [0.15, 0.2) is 47.5 Å². The Kier molecular flexibility index (Phi) is 4.93. The molecule has 2 atom stereocenters. The van der Waals surface area contributed by atoms with Crippen molar-refractivity contribution < 1.29 is 13.2 Å². The van der Waals surface area contributed by atoms with E-state index in [9.17, 15) is 13.2 Å². The van der Waals surface area contributed by atoms with Gasteiger partial charge in [-0.05, 0) is 61.4 Å². The largest absolute Gasteiger partial charge is 0.335 e. The maximum absolute atomic E-state index is 12.4. The quantitative estimate of drug-likeness (QED) is 0.804. The van der Waals surface area contributed by atoms with Gasteiger partial charge in [0.05, 0.1) is 17.5 Å². The first-order valence-corrected chi connectivity index (χ1v) is 11.7. The number of amides is 1. The van der Waals surface area contributed by atoms with Crippen molar-refractivity contribution in [1.29, 1.82) is 0 Å². The highest BCUT2D eigenvalue weighted by Crippen LogP contribution is 2.34. The Balaban J connectivity index is 1.39. The first-order valence-electron chi connectivity index (χ1n) is 9.00. The molecule has 8 heteroatoms. The number of hydrogen-bond acceptors (Lipinski definition) is 6. The summed E-state index contributed by atoms with van der Waals surface area (Å²) in [6.07, 6.45) is 0. The second-order valence-corrected chi connectivity index (χ2v) is 10.6. The molecule has 2 heterocycles. The molecule has 6 nitrogen and oxygen atoms in total. The van der Waals surface area contributed by atoms with E-state index in [0.29, 0.717) is 5.56 Å². The zero-order chi connectivity index (χ0) is 19.9. The normalized spacial score (nSPS) is 22.4. The van der Waals surface area contributed by atoms with Gasteiger partial charge in [0.1, 0.15) is 0 Å². The lowest BCUT2D eigenvalue weighted by atomic mass is 10.1. The van der Waals surface area contributed by atoms with Gasteiger partial charge >= 0.3 is 0 Å². The number of aliphatic imine (C=N–C) groups is 1. The predicted octanol–water partition coefficient (Wildman–Crippen LogP) is 3.24. The predicted molar refractivity (Wildman–Crippen MR) is 115 cm³/mol. The maximum atomic E-state index is 12.4. The Bertz CT molecular complexity index is 1060. The summed E-state index contributed by atoms with van der Waals surface area (Å²) >= 11 is 1.47. The van der Waals surface area contributed by atoms with Gasteiger partial charge in [0.2, 0.25) is 0 Å². The Labute approximate surface area is 168 Å². The number of aryl methyl sites for hydroxylation is 2. The number of sulfone groups is 1. The fourth-order valence-electron chi connectivity index (χ4n) is 3.27. The zero-order valence-corrected chi connectivity index (χ0v) is 17.2. The summed E-state index contributed by atoms with van der Waals surface area (Å²) in [4.78, 5) is 16.9. The number of anilines is 2. The minimum atomic E-state index is -2.95. The van der Waals surface area contributed by atoms with E-state index < -0.39 is 9.84 Å². The molecular formula is C20H21N3O3S2. The number of hydrogen-bond donors (Lipinski definition) is 2. The summed E-state index contributed by atoms with van der Waals surface area (Å²) in [7, 11) is -2.95. The molecule has 0 bridgehead atoms. The molecule has 2 aliphatic heterocycles. The van der Waals surface area contributed by atoms with Gasteiger partial charge in [-0.3, -0.25) is 9.79 Å². The summed E-state index contributed by atoms with van der Waals surface area (Å²) in [5.74, 6) is 0.157. The van der Waals surface area contributed by atoms with Gasteiger partial charge in [-0.15, -0.1) is 0 Å². The highest BCUT2D eigenvalue weighted by atomic mass is 32.2. The summed E-state index contributed by atoms with van der Waals surface area (Å²) in [5, 5.41) is 6.87. The standard InChI is InChI=1S/C20H21N3O3S2/c1-12-3-6-16(9-13(12)2)21-19(24)14-4-7-15(8-5-14)22-20-23-17-10-28(25,26)11-18(17)27-20/h3-9,17-18H,10-11H2,1-2H3,(H,21,24)(H,22,23)/t17-,18+/m0/s1. The molecule has 0 aliphatic carbocycles. The molecule has 2 aromatic rings. The second-order valence-electron chi connectivity index (χ2n) is 7.19. The van der Waals surface area contributed by atoms with Crippen molar-refractivity contribution in [3.63, 3.8) is 0 Å². The molecule has 0 spiro atoms. The minimum absolute atomic E-state index is 0.00974. The van der Waals surface area contributed by atoms with Crippen molar-refractivity contribution in [2.45, 2.75) is 25.1 Å². The van der Waals surface area contributed by atoms with Crippen molar-refractivity contribution in [2.75, 3.05) is 22.1 Å². The lowest BCUT2D eigenvalue weighted by Crippen LogP contribution is -2.13. The minimum Gasteiger partial charge on any atom is -0.335 e. The Morgan fingerprint density at radius 1 is 1.04 bits per heavy atom. The number of nitrogens with zero attached hydrogens (tertiary/aromatic N) is 1. The van der Waals surface area contributed by atoms with E-state index >= 15 is 0 Å². The molecule has 1 saturated heterocycles. The summed E-state index contributed by atoms with van der Waals surface area (Å²) in [6.45, 7) is 4.05. The average molecular weight is 416 g/mol. The molecular weight excluding hydrogens is 394 g/mol. The Hall–Kier alpha value is -2.32. The van der Waals surface area contributed by atoms with Gasteiger partial charge in [-0.25, -0.2) is 8.42 Å². The van der Waals surface area contributed by atoms with Crippen LogP contribution >= 0.6 is 11.8 Å². The van der Waals surface area contributed by atoms with Crippen LogP contribution < -0.4 is 10.6 Å². The Morgan fingerprint density at radius 3 is 2.43 bits per heavy atom. The smallest absolute Gasteiger partial charge is 0.255 e. The van der Waals surface area contributed by atoms with E-state index in [4.69, 9.17) is 0 Å². The van der Waals surface area contributed by atoms with Crippen LogP contribution in [0.1, 0.15) is 21.5 Å². The number of fused-ring (bicyclic) bond motifs is 1. The van der Waals surface area contributed by atoms with Crippen LogP contribution in [0.2, 0.25) is 0 Å². The third kappa shape index (κ3) is 4.07. The maximum Gasteiger partial charge on any atom is 0.255 e. The molecule has 2 aromatic carbocycles. The van der Waals surface area contributed by atoms with Crippen LogP contribution in [-0.4, -0.2) is 42.3 Å². The summed E-state index contributed by atoms with van der Waals surface area (Å²) in [6, 6.07) is 12.8. The van der Waals surface area contributed by atoms with Crippen LogP contribution in [0, 0.1) is 13.8 Å². The first-order chi connectivity index (χ1) is 13.3. The molecule has 2 aliphatic rings. The van der Waals surface area contributed by atoms with Gasteiger partial charge in [-0.1, -0.05) is 17.8 Å². The van der Waals surface area contributed by atoms with Crippen LogP contribution in [0.25, 0.3) is 0 Å². The van der Waals surface area contributed by atoms with Gasteiger partial charge < -0.3 is 10.6 Å². The van der Waals surface area contributed by atoms with Gasteiger partial charge in [0, 0.05) is 22.2 Å². The zero-order valence-electron chi connectivity index (χ0n) is 15.6. The number of thioether (sulfide) groups is 1. The number of carbonyl (C=O) groups excluding carboxylic acids is 1. The SMILES string of the molecule is Cc1ccc(NC(=O)c2ccc(NC3=N[C@H]4CS(=O)(=O)C[C@H]4S3)cc2)cc1C. The third-order valence-corrected chi connectivity index (χ3v) is 8.12. The molecule has 4 rings (SSSR count). The Morgan fingerprint density at radius 2 is 1.75 bits per heavy atom. The molecule has 1 fully saturated rings. The van der Waals surface area contributed by atoms with Crippen LogP contribution in [-0.2, 0) is 9.84 Å². The van der Waals surface area contributed by atoms with E-state index in [0.717, 1.165) is 22.1 Å². The summed E-state index contributed by atoms with van der Waals surface area (Å²) in [5.41, 5.74) is 4.46. The molecule has 0 unspecified atom stereocenters. The van der Waals surface area contributed by atoms with E-state index in [1.807, 2.05) is 44.2 Å². The first kappa shape index (κ1) is 19.0. The highest BCUT2D eigenvalue weighted by Gasteiger charge is 2.42. The van der Waals surface area contributed by atoms with Crippen molar-refractivity contribution in [1.82, 2.24) is 0 Å².